The molecular weight excluding hydrogens is 294 g/mol. The molecule has 0 saturated carbocycles. The van der Waals surface area contributed by atoms with Gasteiger partial charge < -0.3 is 15.6 Å². The van der Waals surface area contributed by atoms with Gasteiger partial charge in [0.25, 0.3) is 0 Å². The molecule has 114 valence electrons. The number of nitrogens with zero attached hydrogens (tertiary/aromatic N) is 2. The molecule has 0 aliphatic heterocycles. The number of nitrogens with two attached hydrogens (primary N) is 1. The van der Waals surface area contributed by atoms with Crippen LogP contribution in [0.15, 0.2) is 36.7 Å². The average molecular weight is 307 g/mol. The first-order chi connectivity index (χ1) is 11.1. The predicted molar refractivity (Wildman–Crippen MR) is 85.1 cm³/mol. The van der Waals surface area contributed by atoms with Gasteiger partial charge in [0.2, 0.25) is 0 Å². The molecule has 7 nitrogen and oxygen atoms in total. The molecule has 0 unspecified atom stereocenters. The Hall–Kier alpha value is -3.35. The first-order valence-corrected chi connectivity index (χ1v) is 7.01. The van der Waals surface area contributed by atoms with E-state index in [0.717, 1.165) is 5.56 Å². The van der Waals surface area contributed by atoms with Gasteiger partial charge in [-0.3, -0.25) is 9.89 Å². The fourth-order valence-electron chi connectivity index (χ4n) is 2.98. The summed E-state index contributed by atoms with van der Waals surface area (Å²) in [6.07, 6.45) is 3.79. The van der Waals surface area contributed by atoms with Crippen molar-refractivity contribution in [3.8, 4) is 22.5 Å². The summed E-state index contributed by atoms with van der Waals surface area (Å²) >= 11 is 0. The number of rotatable bonds is 2. The van der Waals surface area contributed by atoms with Crippen LogP contribution in [0.3, 0.4) is 0 Å². The van der Waals surface area contributed by atoms with E-state index in [2.05, 4.69) is 15.5 Å². The topological polar surface area (TPSA) is 106 Å². The Balaban J connectivity index is 1.90. The minimum Gasteiger partial charge on any atom is -0.357 e. The fraction of sp³-hybridized carbons (Fsp3) is 0.0625. The monoisotopic (exact) mass is 307 g/mol. The molecule has 1 aliphatic carbocycles. The molecule has 0 fully saturated rings. The molecule has 0 bridgehead atoms. The molecule has 23 heavy (non-hydrogen) atoms. The number of anilines is 1. The Morgan fingerprint density at radius 1 is 1.30 bits per heavy atom. The number of amides is 2. The average Bonchev–Trinajstić information content (AvgIpc) is 3.16. The summed E-state index contributed by atoms with van der Waals surface area (Å²) in [7, 11) is 1.90. The van der Waals surface area contributed by atoms with E-state index in [0.29, 0.717) is 33.8 Å². The number of H-pyrrole nitrogens is 1. The van der Waals surface area contributed by atoms with E-state index in [4.69, 9.17) is 5.73 Å². The molecule has 2 heterocycles. The number of carbonyl (C=O) groups excluding carboxylic acids is 2. The largest absolute Gasteiger partial charge is 0.357 e. The van der Waals surface area contributed by atoms with Crippen LogP contribution < -0.4 is 11.1 Å². The number of benzene rings is 1. The van der Waals surface area contributed by atoms with Crippen LogP contribution in [0.4, 0.5) is 10.5 Å². The van der Waals surface area contributed by atoms with Gasteiger partial charge in [-0.25, -0.2) is 4.79 Å². The highest BCUT2D eigenvalue weighted by Crippen LogP contribution is 2.42. The minimum atomic E-state index is -0.705. The Labute approximate surface area is 131 Å². The van der Waals surface area contributed by atoms with Crippen LogP contribution in [-0.2, 0) is 7.05 Å². The number of aryl methyl sites for hydroxylation is 1. The van der Waals surface area contributed by atoms with Gasteiger partial charge >= 0.3 is 6.03 Å². The van der Waals surface area contributed by atoms with Crippen LogP contribution in [0.1, 0.15) is 15.9 Å². The Bertz CT molecular complexity index is 967. The smallest absolute Gasteiger partial charge is 0.316 e. The molecule has 4 rings (SSSR count). The van der Waals surface area contributed by atoms with E-state index in [1.54, 1.807) is 12.1 Å². The van der Waals surface area contributed by atoms with E-state index in [-0.39, 0.29) is 5.78 Å². The molecule has 2 amide bonds. The molecule has 0 atom stereocenters. The SMILES string of the molecule is Cn1ccc(-c2n[nH]c3c2C(=O)c2c(NC(N)=O)cccc2-3)c1. The minimum absolute atomic E-state index is 0.174. The quantitative estimate of drug-likeness (QED) is 0.528. The van der Waals surface area contributed by atoms with Gasteiger partial charge in [-0.2, -0.15) is 5.10 Å². The first-order valence-electron chi connectivity index (χ1n) is 7.01. The lowest BCUT2D eigenvalue weighted by atomic mass is 10.0. The highest BCUT2D eigenvalue weighted by molar-refractivity contribution is 6.26. The van der Waals surface area contributed by atoms with Crippen LogP contribution in [-0.4, -0.2) is 26.6 Å². The maximum absolute atomic E-state index is 12.9. The summed E-state index contributed by atoms with van der Waals surface area (Å²) in [5.41, 5.74) is 9.38. The van der Waals surface area contributed by atoms with Gasteiger partial charge in [-0.15, -0.1) is 0 Å². The number of nitrogens with one attached hydrogen (secondary N) is 2. The molecule has 0 spiro atoms. The summed E-state index contributed by atoms with van der Waals surface area (Å²) < 4.78 is 1.89. The zero-order valence-corrected chi connectivity index (χ0v) is 12.3. The van der Waals surface area contributed by atoms with Crippen LogP contribution in [0, 0.1) is 0 Å². The highest BCUT2D eigenvalue weighted by atomic mass is 16.2. The van der Waals surface area contributed by atoms with Crippen molar-refractivity contribution in [2.24, 2.45) is 12.8 Å². The van der Waals surface area contributed by atoms with Gasteiger partial charge in [-0.05, 0) is 12.1 Å². The highest BCUT2D eigenvalue weighted by Gasteiger charge is 2.34. The molecule has 1 aliphatic rings. The van der Waals surface area contributed by atoms with E-state index < -0.39 is 6.03 Å². The standard InChI is InChI=1S/C16H13N5O2/c1-21-6-5-8(7-21)13-12-14(20-19-13)9-3-2-4-10(18-16(17)23)11(9)15(12)22/h2-7H,1H3,(H,19,20)(H3,17,18,23). The summed E-state index contributed by atoms with van der Waals surface area (Å²) in [5, 5.41) is 9.73. The second kappa shape index (κ2) is 4.57. The van der Waals surface area contributed by atoms with Crippen molar-refractivity contribution in [3.63, 3.8) is 0 Å². The molecule has 7 heteroatoms. The van der Waals surface area contributed by atoms with Gasteiger partial charge in [0.05, 0.1) is 22.5 Å². The predicted octanol–water partition coefficient (Wildman–Crippen LogP) is 2.12. The first kappa shape index (κ1) is 13.3. The Morgan fingerprint density at radius 2 is 2.13 bits per heavy atom. The van der Waals surface area contributed by atoms with Gasteiger partial charge in [0.1, 0.15) is 5.69 Å². The van der Waals surface area contributed by atoms with Gasteiger partial charge in [0.15, 0.2) is 5.78 Å². The lowest BCUT2D eigenvalue weighted by Gasteiger charge is -2.07. The van der Waals surface area contributed by atoms with Crippen molar-refractivity contribution >= 4 is 17.5 Å². The number of hydrogen-bond donors (Lipinski definition) is 3. The van der Waals surface area contributed by atoms with Crippen LogP contribution in [0.2, 0.25) is 0 Å². The number of carbonyl (C=O) groups is 2. The third-order valence-electron chi connectivity index (χ3n) is 3.92. The summed E-state index contributed by atoms with van der Waals surface area (Å²) in [6, 6.07) is 6.43. The third-order valence-corrected chi connectivity index (χ3v) is 3.92. The number of fused-ring (bicyclic) bond motifs is 3. The lowest BCUT2D eigenvalue weighted by molar-refractivity contribution is 0.104. The number of primary amides is 1. The van der Waals surface area contributed by atoms with E-state index in [1.165, 1.54) is 0 Å². The lowest BCUT2D eigenvalue weighted by Crippen LogP contribution is -2.20. The molecule has 1 aromatic carbocycles. The second-order valence-electron chi connectivity index (χ2n) is 5.43. The van der Waals surface area contributed by atoms with E-state index in [1.807, 2.05) is 36.1 Å². The van der Waals surface area contributed by atoms with Crippen LogP contribution in [0.25, 0.3) is 22.5 Å². The number of hydrogen-bond acceptors (Lipinski definition) is 3. The van der Waals surface area contributed by atoms with Gasteiger partial charge in [-0.1, -0.05) is 12.1 Å². The fourth-order valence-corrected chi connectivity index (χ4v) is 2.98. The van der Waals surface area contributed by atoms with E-state index >= 15 is 0 Å². The third kappa shape index (κ3) is 1.87. The molecule has 2 aromatic heterocycles. The van der Waals surface area contributed by atoms with Gasteiger partial charge in [0, 0.05) is 30.6 Å². The molecule has 3 aromatic rings. The summed E-state index contributed by atoms with van der Waals surface area (Å²) in [4.78, 5) is 24.0. The van der Waals surface area contributed by atoms with Crippen molar-refractivity contribution in [3.05, 3.63) is 47.8 Å². The Morgan fingerprint density at radius 3 is 2.83 bits per heavy atom. The maximum atomic E-state index is 12.9. The number of ketones is 1. The van der Waals surface area contributed by atoms with E-state index in [9.17, 15) is 9.59 Å². The number of aromatic amines is 1. The van der Waals surface area contributed by atoms with Crippen molar-refractivity contribution in [1.29, 1.82) is 0 Å². The van der Waals surface area contributed by atoms with Crippen LogP contribution >= 0.6 is 0 Å². The normalized spacial score (nSPS) is 12.1. The number of urea groups is 1. The molecule has 4 N–H and O–H groups in total. The van der Waals surface area contributed by atoms with Crippen molar-refractivity contribution < 1.29 is 9.59 Å². The molecular formula is C16H13N5O2. The Kier molecular flexibility index (Phi) is 2.65. The maximum Gasteiger partial charge on any atom is 0.316 e. The molecule has 0 radical (unpaired) electrons. The van der Waals surface area contributed by atoms with Crippen molar-refractivity contribution in [1.82, 2.24) is 14.8 Å². The summed E-state index contributed by atoms with van der Waals surface area (Å²) in [6.45, 7) is 0. The van der Waals surface area contributed by atoms with Crippen molar-refractivity contribution in [2.45, 2.75) is 0 Å². The van der Waals surface area contributed by atoms with Crippen molar-refractivity contribution in [2.75, 3.05) is 5.32 Å². The van der Waals surface area contributed by atoms with Crippen LogP contribution in [0.5, 0.6) is 0 Å². The number of aromatic nitrogens is 3. The summed E-state index contributed by atoms with van der Waals surface area (Å²) in [5.74, 6) is -0.174. The zero-order chi connectivity index (χ0) is 16.1. The zero-order valence-electron chi connectivity index (χ0n) is 12.3. The second-order valence-corrected chi connectivity index (χ2v) is 5.43. The molecule has 0 saturated heterocycles.